The van der Waals surface area contributed by atoms with E-state index < -0.39 is 0 Å². The minimum atomic E-state index is -0.101. The van der Waals surface area contributed by atoms with Gasteiger partial charge in [0, 0.05) is 19.5 Å². The fourth-order valence-electron chi connectivity index (χ4n) is 2.62. The molecule has 0 aromatic rings. The van der Waals surface area contributed by atoms with Gasteiger partial charge in [0.05, 0.1) is 7.11 Å². The third-order valence-corrected chi connectivity index (χ3v) is 4.11. The molecule has 5 nitrogen and oxygen atoms in total. The normalized spacial score (nSPS) is 10.8. The Morgan fingerprint density at radius 3 is 1.92 bits per heavy atom. The predicted molar refractivity (Wildman–Crippen MR) is 104 cm³/mol. The summed E-state index contributed by atoms with van der Waals surface area (Å²) in [6, 6.07) is -0.101. The lowest BCUT2D eigenvalue weighted by atomic mass is 10.1. The SMILES string of the molecule is CCNC(=O)NC/C=C\CCCCCCCCCCCCC(=O)OC. The lowest BCUT2D eigenvalue weighted by Gasteiger charge is -2.03. The molecule has 0 aliphatic carbocycles. The van der Waals surface area contributed by atoms with Gasteiger partial charge in [0.25, 0.3) is 0 Å². The van der Waals surface area contributed by atoms with Crippen molar-refractivity contribution in [2.75, 3.05) is 20.2 Å². The van der Waals surface area contributed by atoms with Crippen molar-refractivity contribution in [3.8, 4) is 0 Å². The maximum atomic E-state index is 11.1. The topological polar surface area (TPSA) is 67.4 Å². The summed E-state index contributed by atoms with van der Waals surface area (Å²) in [5.41, 5.74) is 0. The van der Waals surface area contributed by atoms with Crippen LogP contribution >= 0.6 is 0 Å². The number of nitrogens with one attached hydrogen (secondary N) is 2. The second kappa shape index (κ2) is 18.8. The summed E-state index contributed by atoms with van der Waals surface area (Å²) in [7, 11) is 1.45. The van der Waals surface area contributed by atoms with Crippen molar-refractivity contribution in [2.24, 2.45) is 0 Å². The Kier molecular flexibility index (Phi) is 17.7. The standard InChI is InChI=1S/C20H38N2O3/c1-3-21-20(24)22-18-16-14-12-10-8-6-4-5-7-9-11-13-15-17-19(23)25-2/h14,16H,3-13,15,17-18H2,1-2H3,(H2,21,22,24)/b16-14-. The van der Waals surface area contributed by atoms with Crippen LogP contribution in [0.2, 0.25) is 0 Å². The second-order valence-corrected chi connectivity index (χ2v) is 6.36. The number of ether oxygens (including phenoxy) is 1. The number of carbonyl (C=O) groups excluding carboxylic acids is 2. The molecule has 2 N–H and O–H groups in total. The maximum Gasteiger partial charge on any atom is 0.315 e. The molecule has 0 aliphatic rings. The molecule has 0 fully saturated rings. The van der Waals surface area contributed by atoms with Gasteiger partial charge in [-0.1, -0.05) is 63.5 Å². The molecule has 0 aromatic carbocycles. The zero-order chi connectivity index (χ0) is 18.6. The van der Waals surface area contributed by atoms with Gasteiger partial charge in [0.2, 0.25) is 0 Å². The van der Waals surface area contributed by atoms with Crippen LogP contribution in [0.4, 0.5) is 4.79 Å². The number of methoxy groups -OCH3 is 1. The summed E-state index contributed by atoms with van der Waals surface area (Å²) >= 11 is 0. The minimum Gasteiger partial charge on any atom is -0.469 e. The first-order valence-electron chi connectivity index (χ1n) is 9.94. The summed E-state index contributed by atoms with van der Waals surface area (Å²) in [5.74, 6) is -0.0897. The van der Waals surface area contributed by atoms with Crippen LogP contribution in [0.3, 0.4) is 0 Å². The summed E-state index contributed by atoms with van der Waals surface area (Å²) in [6.45, 7) is 3.17. The first kappa shape index (κ1) is 23.5. The van der Waals surface area contributed by atoms with Crippen LogP contribution in [0.5, 0.6) is 0 Å². The molecule has 0 aromatic heterocycles. The summed E-state index contributed by atoms with van der Waals surface area (Å²) < 4.78 is 4.63. The average Bonchev–Trinajstić information content (AvgIpc) is 2.61. The third-order valence-electron chi connectivity index (χ3n) is 4.11. The van der Waals surface area contributed by atoms with Gasteiger partial charge in [0.1, 0.15) is 0 Å². The van der Waals surface area contributed by atoms with E-state index in [-0.39, 0.29) is 12.0 Å². The van der Waals surface area contributed by atoms with E-state index in [1.807, 2.05) is 13.0 Å². The fourth-order valence-corrected chi connectivity index (χ4v) is 2.62. The van der Waals surface area contributed by atoms with Crippen LogP contribution in [0.25, 0.3) is 0 Å². The van der Waals surface area contributed by atoms with E-state index in [0.29, 0.717) is 19.5 Å². The molecule has 0 saturated heterocycles. The van der Waals surface area contributed by atoms with E-state index in [2.05, 4.69) is 21.4 Å². The predicted octanol–water partition coefficient (Wildman–Crippen LogP) is 4.72. The number of unbranched alkanes of at least 4 members (excludes halogenated alkanes) is 10. The molecule has 0 radical (unpaired) electrons. The highest BCUT2D eigenvalue weighted by atomic mass is 16.5. The van der Waals surface area contributed by atoms with Gasteiger partial charge < -0.3 is 15.4 Å². The molecule has 0 unspecified atom stereocenters. The molecule has 0 spiro atoms. The first-order chi connectivity index (χ1) is 12.2. The maximum absolute atomic E-state index is 11.1. The Bertz CT molecular complexity index is 357. The van der Waals surface area contributed by atoms with Crippen LogP contribution in [-0.2, 0) is 9.53 Å². The van der Waals surface area contributed by atoms with E-state index in [0.717, 1.165) is 19.3 Å². The molecule has 5 heteroatoms. The van der Waals surface area contributed by atoms with E-state index in [1.165, 1.54) is 58.5 Å². The van der Waals surface area contributed by atoms with Crippen molar-refractivity contribution in [3.05, 3.63) is 12.2 Å². The van der Waals surface area contributed by atoms with Crippen molar-refractivity contribution in [2.45, 2.75) is 84.0 Å². The fraction of sp³-hybridized carbons (Fsp3) is 0.800. The highest BCUT2D eigenvalue weighted by Crippen LogP contribution is 2.12. The van der Waals surface area contributed by atoms with Crippen molar-refractivity contribution in [3.63, 3.8) is 0 Å². The Balaban J connectivity index is 3.16. The molecule has 0 bridgehead atoms. The van der Waals surface area contributed by atoms with Crippen LogP contribution in [0, 0.1) is 0 Å². The average molecular weight is 355 g/mol. The zero-order valence-electron chi connectivity index (χ0n) is 16.3. The molecule has 0 aliphatic heterocycles. The largest absolute Gasteiger partial charge is 0.469 e. The third kappa shape index (κ3) is 18.7. The second-order valence-electron chi connectivity index (χ2n) is 6.36. The Morgan fingerprint density at radius 1 is 0.800 bits per heavy atom. The Labute approximate surface area is 154 Å². The summed E-state index contributed by atoms with van der Waals surface area (Å²) in [5, 5.41) is 5.48. The number of hydrogen-bond donors (Lipinski definition) is 2. The van der Waals surface area contributed by atoms with Crippen molar-refractivity contribution >= 4 is 12.0 Å². The van der Waals surface area contributed by atoms with Crippen LogP contribution in [0.15, 0.2) is 12.2 Å². The molecule has 146 valence electrons. The Morgan fingerprint density at radius 2 is 1.36 bits per heavy atom. The van der Waals surface area contributed by atoms with Crippen molar-refractivity contribution in [1.82, 2.24) is 10.6 Å². The number of hydrogen-bond acceptors (Lipinski definition) is 3. The molecule has 0 saturated carbocycles. The number of urea groups is 1. The van der Waals surface area contributed by atoms with Gasteiger partial charge in [-0.25, -0.2) is 4.79 Å². The monoisotopic (exact) mass is 354 g/mol. The number of carbonyl (C=O) groups is 2. The summed E-state index contributed by atoms with van der Waals surface area (Å²) in [4.78, 5) is 22.1. The lowest BCUT2D eigenvalue weighted by molar-refractivity contribution is -0.140. The highest BCUT2D eigenvalue weighted by Gasteiger charge is 1.99. The smallest absolute Gasteiger partial charge is 0.315 e. The molecular weight excluding hydrogens is 316 g/mol. The Hall–Kier alpha value is -1.52. The summed E-state index contributed by atoms with van der Waals surface area (Å²) in [6.07, 6.45) is 18.2. The van der Waals surface area contributed by atoms with Gasteiger partial charge >= 0.3 is 12.0 Å². The number of allylic oxidation sites excluding steroid dienone is 1. The van der Waals surface area contributed by atoms with E-state index in [4.69, 9.17) is 0 Å². The zero-order valence-corrected chi connectivity index (χ0v) is 16.3. The molecular formula is C20H38N2O3. The number of rotatable bonds is 16. The van der Waals surface area contributed by atoms with E-state index in [1.54, 1.807) is 0 Å². The quantitative estimate of drug-likeness (QED) is 0.239. The minimum absolute atomic E-state index is 0.0897. The molecule has 0 heterocycles. The van der Waals surface area contributed by atoms with Gasteiger partial charge in [-0.2, -0.15) is 0 Å². The van der Waals surface area contributed by atoms with E-state index in [9.17, 15) is 9.59 Å². The van der Waals surface area contributed by atoms with Crippen LogP contribution in [-0.4, -0.2) is 32.2 Å². The lowest BCUT2D eigenvalue weighted by Crippen LogP contribution is -2.35. The molecule has 0 rings (SSSR count). The number of esters is 1. The molecule has 0 atom stereocenters. The number of amides is 2. The highest BCUT2D eigenvalue weighted by molar-refractivity contribution is 5.73. The van der Waals surface area contributed by atoms with Gasteiger partial charge in [-0.3, -0.25) is 4.79 Å². The van der Waals surface area contributed by atoms with Crippen LogP contribution in [0.1, 0.15) is 84.0 Å². The van der Waals surface area contributed by atoms with Gasteiger partial charge in [-0.15, -0.1) is 0 Å². The van der Waals surface area contributed by atoms with Gasteiger partial charge in [-0.05, 0) is 26.2 Å². The van der Waals surface area contributed by atoms with Crippen LogP contribution < -0.4 is 10.6 Å². The van der Waals surface area contributed by atoms with Crippen molar-refractivity contribution in [1.29, 1.82) is 0 Å². The molecule has 2 amide bonds. The molecule has 25 heavy (non-hydrogen) atoms. The van der Waals surface area contributed by atoms with Gasteiger partial charge in [0.15, 0.2) is 0 Å². The van der Waals surface area contributed by atoms with Crippen molar-refractivity contribution < 1.29 is 14.3 Å². The van der Waals surface area contributed by atoms with E-state index >= 15 is 0 Å². The first-order valence-corrected chi connectivity index (χ1v) is 9.94.